The van der Waals surface area contributed by atoms with Crippen LogP contribution < -0.4 is 0 Å². The van der Waals surface area contributed by atoms with E-state index in [1.54, 1.807) is 0 Å². The van der Waals surface area contributed by atoms with Gasteiger partial charge in [-0.25, -0.2) is 0 Å². The van der Waals surface area contributed by atoms with Crippen LogP contribution in [0, 0.1) is 0 Å². The van der Waals surface area contributed by atoms with Crippen molar-refractivity contribution >= 4 is 17.9 Å². The van der Waals surface area contributed by atoms with Crippen molar-refractivity contribution in [2.45, 2.75) is 264 Å². The third-order valence-corrected chi connectivity index (χ3v) is 11.8. The smallest absolute Gasteiger partial charge is 0.306 e. The highest BCUT2D eigenvalue weighted by atomic mass is 16.6. The van der Waals surface area contributed by atoms with Crippen LogP contribution in [-0.2, 0) is 28.6 Å². The van der Waals surface area contributed by atoms with Crippen molar-refractivity contribution in [3.8, 4) is 0 Å². The van der Waals surface area contributed by atoms with Crippen LogP contribution in [0.4, 0.5) is 0 Å². The molecule has 0 aliphatic heterocycles. The van der Waals surface area contributed by atoms with Crippen molar-refractivity contribution in [2.24, 2.45) is 0 Å². The van der Waals surface area contributed by atoms with Crippen LogP contribution in [0.1, 0.15) is 258 Å². The molecular formula is C62H104O6. The molecule has 0 heterocycles. The number of hydrogen-bond donors (Lipinski definition) is 0. The Kier molecular flexibility index (Phi) is 52.9. The van der Waals surface area contributed by atoms with Gasteiger partial charge in [0.25, 0.3) is 0 Å². The van der Waals surface area contributed by atoms with Crippen LogP contribution in [-0.4, -0.2) is 37.2 Å². The summed E-state index contributed by atoms with van der Waals surface area (Å²) in [7, 11) is 0. The van der Waals surface area contributed by atoms with Crippen molar-refractivity contribution in [2.75, 3.05) is 13.2 Å². The van der Waals surface area contributed by atoms with Crippen molar-refractivity contribution in [3.05, 3.63) is 97.2 Å². The first kappa shape index (κ1) is 64.3. The molecule has 0 aliphatic carbocycles. The zero-order valence-corrected chi connectivity index (χ0v) is 44.3. The lowest BCUT2D eigenvalue weighted by Gasteiger charge is -2.18. The fourth-order valence-corrected chi connectivity index (χ4v) is 7.60. The number of ether oxygens (including phenoxy) is 3. The average molecular weight is 946 g/mol. The van der Waals surface area contributed by atoms with Gasteiger partial charge in [0, 0.05) is 19.3 Å². The minimum absolute atomic E-state index is 0.0986. The van der Waals surface area contributed by atoms with Crippen molar-refractivity contribution in [1.82, 2.24) is 0 Å². The molecule has 0 saturated carbocycles. The molecule has 0 aromatic carbocycles. The maximum Gasteiger partial charge on any atom is 0.306 e. The van der Waals surface area contributed by atoms with Crippen molar-refractivity contribution in [3.63, 3.8) is 0 Å². The van der Waals surface area contributed by atoms with Crippen LogP contribution in [0.5, 0.6) is 0 Å². The summed E-state index contributed by atoms with van der Waals surface area (Å²) < 4.78 is 16.8. The minimum Gasteiger partial charge on any atom is -0.462 e. The Morgan fingerprint density at radius 3 is 1.00 bits per heavy atom. The zero-order valence-electron chi connectivity index (χ0n) is 44.3. The van der Waals surface area contributed by atoms with E-state index in [0.717, 1.165) is 103 Å². The predicted molar refractivity (Wildman–Crippen MR) is 293 cm³/mol. The Labute approximate surface area is 419 Å². The number of carbonyl (C=O) groups excluding carboxylic acids is 3. The standard InChI is InChI=1S/C62H104O6/c1-4-7-10-13-16-19-22-25-27-28-29-30-31-32-33-34-36-37-40-43-46-49-52-55-61(64)67-58-59(57-66-60(63)54-51-48-45-42-39-24-21-18-15-12-9-6-3)68-62(65)56-53-50-47-44-41-38-35-26-23-20-17-14-11-8-5-2/h7,10,16,18-19,21,25,27,29-30,32-33,36-37,43,46,59H,4-6,8-9,11-15,17,20,22-24,26,28,31,34-35,38-42,44-45,47-58H2,1-3H3/b10-7-,19-16-,21-18-,27-25-,30-29-,33-32-,37-36-,46-43-. The molecule has 0 amide bonds. The summed E-state index contributed by atoms with van der Waals surface area (Å²) in [5.41, 5.74) is 0. The maximum absolute atomic E-state index is 12.8. The Morgan fingerprint density at radius 1 is 0.309 bits per heavy atom. The molecule has 68 heavy (non-hydrogen) atoms. The molecule has 1 atom stereocenters. The molecule has 0 fully saturated rings. The fourth-order valence-electron chi connectivity index (χ4n) is 7.60. The predicted octanol–water partition coefficient (Wildman–Crippen LogP) is 18.9. The van der Waals surface area contributed by atoms with Crippen LogP contribution in [0.3, 0.4) is 0 Å². The van der Waals surface area contributed by atoms with Gasteiger partial charge in [-0.05, 0) is 96.3 Å². The summed E-state index contributed by atoms with van der Waals surface area (Å²) >= 11 is 0. The number of allylic oxidation sites excluding steroid dienone is 16. The summed E-state index contributed by atoms with van der Waals surface area (Å²) in [5, 5.41) is 0. The van der Waals surface area contributed by atoms with Crippen LogP contribution in [0.25, 0.3) is 0 Å². The van der Waals surface area contributed by atoms with E-state index in [0.29, 0.717) is 19.3 Å². The normalized spacial score (nSPS) is 12.8. The van der Waals surface area contributed by atoms with Crippen LogP contribution in [0.2, 0.25) is 0 Å². The van der Waals surface area contributed by atoms with Gasteiger partial charge < -0.3 is 14.2 Å². The summed E-state index contributed by atoms with van der Waals surface area (Å²) in [6.45, 7) is 6.45. The maximum atomic E-state index is 12.8. The lowest BCUT2D eigenvalue weighted by molar-refractivity contribution is -0.167. The van der Waals surface area contributed by atoms with E-state index in [-0.39, 0.29) is 37.5 Å². The van der Waals surface area contributed by atoms with Gasteiger partial charge in [0.2, 0.25) is 0 Å². The van der Waals surface area contributed by atoms with E-state index >= 15 is 0 Å². The minimum atomic E-state index is -0.803. The van der Waals surface area contributed by atoms with Gasteiger partial charge in [-0.1, -0.05) is 240 Å². The molecule has 0 aromatic rings. The van der Waals surface area contributed by atoms with E-state index in [1.807, 2.05) is 0 Å². The highest BCUT2D eigenvalue weighted by Gasteiger charge is 2.19. The van der Waals surface area contributed by atoms with Crippen LogP contribution >= 0.6 is 0 Å². The first-order chi connectivity index (χ1) is 33.5. The molecule has 0 bridgehead atoms. The molecule has 0 N–H and O–H groups in total. The third-order valence-electron chi connectivity index (χ3n) is 11.8. The molecular weight excluding hydrogens is 841 g/mol. The Morgan fingerprint density at radius 2 is 0.588 bits per heavy atom. The van der Waals surface area contributed by atoms with E-state index in [1.165, 1.54) is 109 Å². The van der Waals surface area contributed by atoms with Gasteiger partial charge in [0.05, 0.1) is 0 Å². The van der Waals surface area contributed by atoms with Crippen molar-refractivity contribution < 1.29 is 28.6 Å². The van der Waals surface area contributed by atoms with Gasteiger partial charge in [-0.15, -0.1) is 0 Å². The average Bonchev–Trinajstić information content (AvgIpc) is 3.34. The molecule has 6 heteroatoms. The van der Waals surface area contributed by atoms with Gasteiger partial charge >= 0.3 is 17.9 Å². The molecule has 0 aromatic heterocycles. The second-order valence-electron chi connectivity index (χ2n) is 18.5. The van der Waals surface area contributed by atoms with Gasteiger partial charge in [0.1, 0.15) is 13.2 Å². The topological polar surface area (TPSA) is 78.9 Å². The van der Waals surface area contributed by atoms with Crippen molar-refractivity contribution in [1.29, 1.82) is 0 Å². The molecule has 6 nitrogen and oxygen atoms in total. The van der Waals surface area contributed by atoms with E-state index < -0.39 is 6.10 Å². The van der Waals surface area contributed by atoms with E-state index in [9.17, 15) is 14.4 Å². The van der Waals surface area contributed by atoms with E-state index in [2.05, 4.69) is 118 Å². The summed E-state index contributed by atoms with van der Waals surface area (Å²) in [5.74, 6) is -0.965. The summed E-state index contributed by atoms with van der Waals surface area (Å²) in [4.78, 5) is 38.1. The molecule has 388 valence electrons. The molecule has 0 radical (unpaired) electrons. The van der Waals surface area contributed by atoms with Gasteiger partial charge in [-0.2, -0.15) is 0 Å². The summed E-state index contributed by atoms with van der Waals surface area (Å²) in [6.07, 6.45) is 74.0. The molecule has 0 spiro atoms. The lowest BCUT2D eigenvalue weighted by Crippen LogP contribution is -2.30. The van der Waals surface area contributed by atoms with Gasteiger partial charge in [0.15, 0.2) is 6.10 Å². The zero-order chi connectivity index (χ0) is 49.3. The van der Waals surface area contributed by atoms with Crippen LogP contribution in [0.15, 0.2) is 97.2 Å². The second-order valence-corrected chi connectivity index (χ2v) is 18.5. The number of unbranched alkanes of at least 4 members (excludes halogenated alkanes) is 23. The third kappa shape index (κ3) is 53.3. The highest BCUT2D eigenvalue weighted by molar-refractivity contribution is 5.71. The number of rotatable bonds is 50. The van der Waals surface area contributed by atoms with Gasteiger partial charge in [-0.3, -0.25) is 14.4 Å². The molecule has 1 unspecified atom stereocenters. The fraction of sp³-hybridized carbons (Fsp3) is 0.694. The number of carbonyl (C=O) groups is 3. The Bertz CT molecular complexity index is 1360. The highest BCUT2D eigenvalue weighted by Crippen LogP contribution is 2.15. The quantitative estimate of drug-likeness (QED) is 0.0262. The monoisotopic (exact) mass is 945 g/mol. The number of hydrogen-bond acceptors (Lipinski definition) is 6. The molecule has 0 saturated heterocycles. The number of esters is 3. The lowest BCUT2D eigenvalue weighted by atomic mass is 10.0. The Hall–Kier alpha value is -3.67. The first-order valence-corrected chi connectivity index (χ1v) is 28.2. The second kappa shape index (κ2) is 55.9. The SMILES string of the molecule is CC/C=C\C/C=C\C/C=C\C/C=C\C/C=C\C/C=C\C/C=C\CCCC(=O)OCC(COC(=O)CCCCCCC/C=C\CCCCC)OC(=O)CCCCCCCCCCCCCCCCC. The molecule has 0 aliphatic rings. The Balaban J connectivity index is 4.45. The van der Waals surface area contributed by atoms with E-state index in [4.69, 9.17) is 14.2 Å². The first-order valence-electron chi connectivity index (χ1n) is 28.2. The summed E-state index contributed by atoms with van der Waals surface area (Å²) in [6, 6.07) is 0. The molecule has 0 rings (SSSR count). The largest absolute Gasteiger partial charge is 0.462 e.